The molecular formula is C16H21N3O2. The highest BCUT2D eigenvalue weighted by atomic mass is 16.2. The number of para-hydroxylation sites is 1. The van der Waals surface area contributed by atoms with Crippen LogP contribution < -0.4 is 10.6 Å². The maximum absolute atomic E-state index is 12.9. The standard InChI is InChI=1S/C16H21N3O2/c1-2-13-15(20)18-9-10-19(13)16(21)12-7-3-5-11-6-4-8-17-14(11)12/h3,5,7,13,17H,2,4,6,8-10H2,1H3,(H,18,20). The van der Waals surface area contributed by atoms with Gasteiger partial charge in [-0.15, -0.1) is 0 Å². The van der Waals surface area contributed by atoms with Gasteiger partial charge < -0.3 is 15.5 Å². The van der Waals surface area contributed by atoms with Crippen molar-refractivity contribution in [3.8, 4) is 0 Å². The van der Waals surface area contributed by atoms with E-state index in [2.05, 4.69) is 16.7 Å². The molecule has 1 aromatic carbocycles. The third-order valence-corrected chi connectivity index (χ3v) is 4.28. The molecule has 0 spiro atoms. The first-order chi connectivity index (χ1) is 10.2. The van der Waals surface area contributed by atoms with E-state index in [-0.39, 0.29) is 17.9 Å². The summed E-state index contributed by atoms with van der Waals surface area (Å²) in [5, 5.41) is 6.18. The molecular weight excluding hydrogens is 266 g/mol. The Morgan fingerprint density at radius 1 is 1.33 bits per heavy atom. The Kier molecular flexibility index (Phi) is 3.82. The number of amides is 2. The molecule has 3 rings (SSSR count). The van der Waals surface area contributed by atoms with E-state index in [1.807, 2.05) is 19.1 Å². The van der Waals surface area contributed by atoms with Crippen molar-refractivity contribution in [2.24, 2.45) is 0 Å². The van der Waals surface area contributed by atoms with Gasteiger partial charge >= 0.3 is 0 Å². The van der Waals surface area contributed by atoms with Gasteiger partial charge in [0.25, 0.3) is 5.91 Å². The summed E-state index contributed by atoms with van der Waals surface area (Å²) in [5.41, 5.74) is 2.84. The lowest BCUT2D eigenvalue weighted by Gasteiger charge is -2.35. The van der Waals surface area contributed by atoms with E-state index in [1.165, 1.54) is 5.56 Å². The van der Waals surface area contributed by atoms with Crippen LogP contribution in [0.1, 0.15) is 35.7 Å². The fourth-order valence-electron chi connectivity index (χ4n) is 3.21. The van der Waals surface area contributed by atoms with Crippen molar-refractivity contribution >= 4 is 17.5 Å². The van der Waals surface area contributed by atoms with Crippen molar-refractivity contribution < 1.29 is 9.59 Å². The monoisotopic (exact) mass is 287 g/mol. The number of hydrogen-bond acceptors (Lipinski definition) is 3. The minimum atomic E-state index is -0.356. The fourth-order valence-corrected chi connectivity index (χ4v) is 3.21. The Morgan fingerprint density at radius 3 is 3.00 bits per heavy atom. The highest BCUT2D eigenvalue weighted by molar-refractivity contribution is 6.03. The first-order valence-electron chi connectivity index (χ1n) is 7.66. The van der Waals surface area contributed by atoms with Crippen molar-refractivity contribution in [3.63, 3.8) is 0 Å². The average molecular weight is 287 g/mol. The summed E-state index contributed by atoms with van der Waals surface area (Å²) < 4.78 is 0. The number of piperazine rings is 1. The van der Waals surface area contributed by atoms with Gasteiger partial charge in [0.2, 0.25) is 5.91 Å². The quantitative estimate of drug-likeness (QED) is 0.864. The van der Waals surface area contributed by atoms with E-state index >= 15 is 0 Å². The van der Waals surface area contributed by atoms with Crippen LogP contribution in [0.3, 0.4) is 0 Å². The summed E-state index contributed by atoms with van der Waals surface area (Å²) in [6, 6.07) is 5.51. The Bertz CT molecular complexity index is 571. The summed E-state index contributed by atoms with van der Waals surface area (Å²) in [6.45, 7) is 3.94. The summed E-state index contributed by atoms with van der Waals surface area (Å²) in [6.07, 6.45) is 2.73. The van der Waals surface area contributed by atoms with Gasteiger partial charge in [-0.05, 0) is 30.9 Å². The maximum atomic E-state index is 12.9. The highest BCUT2D eigenvalue weighted by Crippen LogP contribution is 2.28. The molecule has 112 valence electrons. The predicted octanol–water partition coefficient (Wildman–Crippen LogP) is 1.40. The van der Waals surface area contributed by atoms with Gasteiger partial charge in [0.15, 0.2) is 0 Å². The Morgan fingerprint density at radius 2 is 2.19 bits per heavy atom. The van der Waals surface area contributed by atoms with Gasteiger partial charge in [-0.3, -0.25) is 9.59 Å². The number of nitrogens with one attached hydrogen (secondary N) is 2. The average Bonchev–Trinajstić information content (AvgIpc) is 2.53. The number of hydrogen-bond donors (Lipinski definition) is 2. The molecule has 5 heteroatoms. The highest BCUT2D eigenvalue weighted by Gasteiger charge is 2.33. The number of nitrogens with zero attached hydrogens (tertiary/aromatic N) is 1. The first-order valence-corrected chi connectivity index (χ1v) is 7.66. The number of carbonyl (C=O) groups is 2. The van der Waals surface area contributed by atoms with E-state index in [0.29, 0.717) is 25.1 Å². The smallest absolute Gasteiger partial charge is 0.256 e. The van der Waals surface area contributed by atoms with Crippen LogP contribution >= 0.6 is 0 Å². The second-order valence-corrected chi connectivity index (χ2v) is 5.58. The van der Waals surface area contributed by atoms with Crippen molar-refractivity contribution in [2.45, 2.75) is 32.2 Å². The van der Waals surface area contributed by atoms with Crippen LogP contribution in [0.25, 0.3) is 0 Å². The molecule has 1 fully saturated rings. The van der Waals surface area contributed by atoms with Crippen LogP contribution in [-0.4, -0.2) is 42.4 Å². The number of carbonyl (C=O) groups excluding carboxylic acids is 2. The second kappa shape index (κ2) is 5.76. The third-order valence-electron chi connectivity index (χ3n) is 4.28. The molecule has 2 aliphatic heterocycles. The maximum Gasteiger partial charge on any atom is 0.256 e. The number of aryl methyl sites for hydroxylation is 1. The molecule has 1 atom stereocenters. The number of rotatable bonds is 2. The van der Waals surface area contributed by atoms with Crippen LogP contribution in [0.4, 0.5) is 5.69 Å². The van der Waals surface area contributed by atoms with E-state index in [9.17, 15) is 9.59 Å². The molecule has 2 amide bonds. The van der Waals surface area contributed by atoms with E-state index in [4.69, 9.17) is 0 Å². The van der Waals surface area contributed by atoms with Crippen molar-refractivity contribution in [3.05, 3.63) is 29.3 Å². The van der Waals surface area contributed by atoms with Crippen LogP contribution in [0.2, 0.25) is 0 Å². The van der Waals surface area contributed by atoms with Crippen LogP contribution in [-0.2, 0) is 11.2 Å². The van der Waals surface area contributed by atoms with Gasteiger partial charge in [-0.1, -0.05) is 19.1 Å². The van der Waals surface area contributed by atoms with Crippen molar-refractivity contribution in [1.82, 2.24) is 10.2 Å². The minimum absolute atomic E-state index is 0.0389. The van der Waals surface area contributed by atoms with E-state index in [1.54, 1.807) is 4.90 Å². The molecule has 2 aliphatic rings. The van der Waals surface area contributed by atoms with Crippen molar-refractivity contribution in [1.29, 1.82) is 0 Å². The van der Waals surface area contributed by atoms with Gasteiger partial charge in [-0.2, -0.15) is 0 Å². The Hall–Kier alpha value is -2.04. The fraction of sp³-hybridized carbons (Fsp3) is 0.500. The van der Waals surface area contributed by atoms with Gasteiger partial charge in [0.05, 0.1) is 11.3 Å². The van der Waals surface area contributed by atoms with Crippen LogP contribution in [0.15, 0.2) is 18.2 Å². The van der Waals surface area contributed by atoms with Gasteiger partial charge in [0.1, 0.15) is 6.04 Å². The second-order valence-electron chi connectivity index (χ2n) is 5.58. The summed E-state index contributed by atoms with van der Waals surface area (Å²) in [7, 11) is 0. The SMILES string of the molecule is CCC1C(=O)NCCN1C(=O)c1cccc2c1NCCC2. The van der Waals surface area contributed by atoms with E-state index in [0.717, 1.165) is 25.1 Å². The molecule has 2 heterocycles. The lowest BCUT2D eigenvalue weighted by atomic mass is 9.98. The summed E-state index contributed by atoms with van der Waals surface area (Å²) >= 11 is 0. The van der Waals surface area contributed by atoms with E-state index < -0.39 is 0 Å². The normalized spacial score (nSPS) is 21.3. The zero-order valence-electron chi connectivity index (χ0n) is 12.3. The number of benzene rings is 1. The molecule has 1 saturated heterocycles. The zero-order chi connectivity index (χ0) is 14.8. The number of fused-ring (bicyclic) bond motifs is 1. The van der Waals surface area contributed by atoms with Crippen molar-refractivity contribution in [2.75, 3.05) is 25.0 Å². The lowest BCUT2D eigenvalue weighted by molar-refractivity contribution is -0.127. The van der Waals surface area contributed by atoms with Crippen LogP contribution in [0.5, 0.6) is 0 Å². The predicted molar refractivity (Wildman–Crippen MR) is 81.4 cm³/mol. The summed E-state index contributed by atoms with van der Waals surface area (Å²) in [4.78, 5) is 26.5. The molecule has 2 N–H and O–H groups in total. The molecule has 0 saturated carbocycles. The van der Waals surface area contributed by atoms with Gasteiger partial charge in [-0.25, -0.2) is 0 Å². The molecule has 0 radical (unpaired) electrons. The minimum Gasteiger partial charge on any atom is -0.384 e. The summed E-state index contributed by atoms with van der Waals surface area (Å²) in [5.74, 6) is -0.0854. The molecule has 0 bridgehead atoms. The molecule has 1 aromatic rings. The zero-order valence-corrected chi connectivity index (χ0v) is 12.3. The molecule has 21 heavy (non-hydrogen) atoms. The van der Waals surface area contributed by atoms with Crippen LogP contribution in [0, 0.1) is 0 Å². The molecule has 0 aliphatic carbocycles. The lowest BCUT2D eigenvalue weighted by Crippen LogP contribution is -2.57. The topological polar surface area (TPSA) is 61.4 Å². The number of anilines is 1. The van der Waals surface area contributed by atoms with Gasteiger partial charge in [0, 0.05) is 19.6 Å². The molecule has 0 aromatic heterocycles. The Labute approximate surface area is 124 Å². The molecule has 5 nitrogen and oxygen atoms in total. The molecule has 1 unspecified atom stereocenters. The first kappa shape index (κ1) is 13.9. The largest absolute Gasteiger partial charge is 0.384 e. The Balaban J connectivity index is 1.93. The third kappa shape index (κ3) is 2.48.